The monoisotopic (exact) mass is 299 g/mol. The highest BCUT2D eigenvalue weighted by Gasteiger charge is 2.19. The predicted molar refractivity (Wildman–Crippen MR) is 73.1 cm³/mol. The van der Waals surface area contributed by atoms with E-state index < -0.39 is 4.92 Å². The van der Waals surface area contributed by atoms with E-state index in [1.165, 1.54) is 23.4 Å². The fourth-order valence-corrected chi connectivity index (χ4v) is 2.19. The number of nitrogens with one attached hydrogen (secondary N) is 1. The number of hydrogen-bond donors (Lipinski definition) is 1. The Hall–Kier alpha value is -3.37. The van der Waals surface area contributed by atoms with E-state index in [0.717, 1.165) is 5.39 Å². The van der Waals surface area contributed by atoms with Crippen LogP contribution in [0.4, 0.5) is 5.69 Å². The number of fused-ring (bicyclic) bond motifs is 3. The second kappa shape index (κ2) is 4.31. The van der Waals surface area contributed by atoms with E-state index in [-0.39, 0.29) is 11.7 Å². The molecule has 0 saturated heterocycles. The predicted octanol–water partition coefficient (Wildman–Crippen LogP) is 0.715. The first-order valence-corrected chi connectivity index (χ1v) is 6.36. The van der Waals surface area contributed by atoms with Crippen molar-refractivity contribution in [1.29, 1.82) is 0 Å². The summed E-state index contributed by atoms with van der Waals surface area (Å²) < 4.78 is 2.99. The maximum Gasteiger partial charge on any atom is 0.307 e. The van der Waals surface area contributed by atoms with Gasteiger partial charge in [-0.25, -0.2) is 14.5 Å². The van der Waals surface area contributed by atoms with E-state index in [4.69, 9.17) is 0 Å². The summed E-state index contributed by atoms with van der Waals surface area (Å²) in [7, 11) is 0. The zero-order chi connectivity index (χ0) is 15.3. The fraction of sp³-hybridized carbons (Fsp3) is 0.182. The van der Waals surface area contributed by atoms with Crippen molar-refractivity contribution in [2.75, 3.05) is 0 Å². The highest BCUT2D eigenvalue weighted by molar-refractivity contribution is 5.87. The van der Waals surface area contributed by atoms with Crippen LogP contribution in [0.15, 0.2) is 24.9 Å². The second-order valence-corrected chi connectivity index (χ2v) is 4.73. The molecule has 110 valence electrons. The summed E-state index contributed by atoms with van der Waals surface area (Å²) in [6, 6.07) is -0.351. The molecule has 0 amide bonds. The third-order valence-electron chi connectivity index (χ3n) is 3.37. The molecule has 4 heterocycles. The molecule has 1 atom stereocenters. The van der Waals surface area contributed by atoms with Crippen LogP contribution in [0.2, 0.25) is 0 Å². The van der Waals surface area contributed by atoms with E-state index in [9.17, 15) is 10.1 Å². The number of aromatic amines is 1. The van der Waals surface area contributed by atoms with Crippen LogP contribution in [-0.2, 0) is 0 Å². The molecule has 0 aliphatic heterocycles. The number of aromatic nitrogens is 8. The maximum absolute atomic E-state index is 10.7. The van der Waals surface area contributed by atoms with Crippen molar-refractivity contribution < 1.29 is 4.92 Å². The summed E-state index contributed by atoms with van der Waals surface area (Å²) >= 11 is 0. The SMILES string of the molecule is CC(c1nc2c3cn[nH]c3ncn2n1)n1cc([N+](=O)[O-])cn1. The Kier molecular flexibility index (Phi) is 2.43. The summed E-state index contributed by atoms with van der Waals surface area (Å²) in [5, 5.41) is 26.5. The average molecular weight is 299 g/mol. The first-order chi connectivity index (χ1) is 10.6. The minimum Gasteiger partial charge on any atom is -0.261 e. The molecule has 4 aromatic heterocycles. The van der Waals surface area contributed by atoms with Gasteiger partial charge in [-0.15, -0.1) is 5.10 Å². The minimum absolute atomic E-state index is 0.0745. The van der Waals surface area contributed by atoms with Crippen molar-refractivity contribution in [3.8, 4) is 0 Å². The Morgan fingerprint density at radius 3 is 3.05 bits per heavy atom. The van der Waals surface area contributed by atoms with Crippen LogP contribution in [0.1, 0.15) is 18.8 Å². The summed E-state index contributed by atoms with van der Waals surface area (Å²) in [5.41, 5.74) is 1.16. The zero-order valence-electron chi connectivity index (χ0n) is 11.3. The smallest absolute Gasteiger partial charge is 0.261 e. The Bertz CT molecular complexity index is 997. The average Bonchev–Trinajstić information content (AvgIpc) is 3.22. The first-order valence-electron chi connectivity index (χ1n) is 6.36. The zero-order valence-corrected chi connectivity index (χ0v) is 11.3. The molecule has 0 aliphatic carbocycles. The molecule has 4 aromatic rings. The van der Waals surface area contributed by atoms with Crippen molar-refractivity contribution in [3.63, 3.8) is 0 Å². The molecular weight excluding hydrogens is 290 g/mol. The van der Waals surface area contributed by atoms with Crippen LogP contribution in [0.5, 0.6) is 0 Å². The largest absolute Gasteiger partial charge is 0.307 e. The van der Waals surface area contributed by atoms with Gasteiger partial charge < -0.3 is 0 Å². The van der Waals surface area contributed by atoms with E-state index in [0.29, 0.717) is 17.1 Å². The van der Waals surface area contributed by atoms with Crippen molar-refractivity contribution in [1.82, 2.24) is 39.6 Å². The molecule has 0 spiro atoms. The van der Waals surface area contributed by atoms with E-state index in [1.54, 1.807) is 10.7 Å². The molecule has 0 saturated carbocycles. The standard InChI is InChI=1S/C11H9N9O2/c1-6(18-4-7(2-14-18)20(21)22)9-15-11-8-3-13-16-10(8)12-5-19(11)17-9/h2-6H,1H3,(H,13,16). The second-order valence-electron chi connectivity index (χ2n) is 4.73. The van der Waals surface area contributed by atoms with Gasteiger partial charge in [0, 0.05) is 0 Å². The lowest BCUT2D eigenvalue weighted by Crippen LogP contribution is -2.09. The minimum atomic E-state index is -0.494. The van der Waals surface area contributed by atoms with Crippen molar-refractivity contribution in [2.45, 2.75) is 13.0 Å². The molecule has 22 heavy (non-hydrogen) atoms. The van der Waals surface area contributed by atoms with Crippen LogP contribution in [0.3, 0.4) is 0 Å². The Morgan fingerprint density at radius 2 is 2.27 bits per heavy atom. The lowest BCUT2D eigenvalue weighted by atomic mass is 10.3. The van der Waals surface area contributed by atoms with E-state index in [1.807, 2.05) is 6.92 Å². The number of nitrogens with zero attached hydrogens (tertiary/aromatic N) is 8. The summed E-state index contributed by atoms with van der Waals surface area (Å²) in [6.07, 6.45) is 5.70. The van der Waals surface area contributed by atoms with Crippen LogP contribution < -0.4 is 0 Å². The van der Waals surface area contributed by atoms with E-state index >= 15 is 0 Å². The van der Waals surface area contributed by atoms with Gasteiger partial charge in [0.15, 0.2) is 17.1 Å². The normalized spacial score (nSPS) is 13.0. The summed E-state index contributed by atoms with van der Waals surface area (Å²) in [5.74, 6) is 0.480. The molecule has 11 heteroatoms. The molecular formula is C11H9N9O2. The van der Waals surface area contributed by atoms with Gasteiger partial charge in [-0.3, -0.25) is 19.9 Å². The maximum atomic E-state index is 10.7. The van der Waals surface area contributed by atoms with Crippen molar-refractivity contribution in [3.05, 3.63) is 40.9 Å². The molecule has 0 radical (unpaired) electrons. The van der Waals surface area contributed by atoms with Gasteiger partial charge in [0.2, 0.25) is 0 Å². The number of nitro groups is 1. The number of rotatable bonds is 3. The Balaban J connectivity index is 1.80. The van der Waals surface area contributed by atoms with Gasteiger partial charge >= 0.3 is 5.69 Å². The van der Waals surface area contributed by atoms with Gasteiger partial charge in [0.25, 0.3) is 0 Å². The molecule has 0 aliphatic rings. The molecule has 1 unspecified atom stereocenters. The number of H-pyrrole nitrogens is 1. The van der Waals surface area contributed by atoms with Gasteiger partial charge in [-0.05, 0) is 6.92 Å². The molecule has 0 bridgehead atoms. The van der Waals surface area contributed by atoms with Crippen molar-refractivity contribution in [2.24, 2.45) is 0 Å². The molecule has 1 N–H and O–H groups in total. The molecule has 0 fully saturated rings. The van der Waals surface area contributed by atoms with Crippen molar-refractivity contribution >= 4 is 22.4 Å². The van der Waals surface area contributed by atoms with Gasteiger partial charge in [-0.1, -0.05) is 0 Å². The Morgan fingerprint density at radius 1 is 1.41 bits per heavy atom. The summed E-state index contributed by atoms with van der Waals surface area (Å²) in [6.45, 7) is 1.81. The van der Waals surface area contributed by atoms with E-state index in [2.05, 4.69) is 30.4 Å². The topological polar surface area (TPSA) is 133 Å². The highest BCUT2D eigenvalue weighted by atomic mass is 16.6. The molecule has 11 nitrogen and oxygen atoms in total. The van der Waals surface area contributed by atoms with Crippen LogP contribution >= 0.6 is 0 Å². The molecule has 4 rings (SSSR count). The van der Waals surface area contributed by atoms with Gasteiger partial charge in [-0.2, -0.15) is 10.2 Å². The number of hydrogen-bond acceptors (Lipinski definition) is 7. The summed E-state index contributed by atoms with van der Waals surface area (Å²) in [4.78, 5) is 18.9. The lowest BCUT2D eigenvalue weighted by molar-refractivity contribution is -0.385. The highest BCUT2D eigenvalue weighted by Crippen LogP contribution is 2.20. The van der Waals surface area contributed by atoms with Gasteiger partial charge in [0.05, 0.1) is 16.5 Å². The third kappa shape index (κ3) is 1.72. The molecule has 0 aromatic carbocycles. The lowest BCUT2D eigenvalue weighted by Gasteiger charge is -2.05. The Labute approximate surface area is 121 Å². The first kappa shape index (κ1) is 12.4. The van der Waals surface area contributed by atoms with Crippen LogP contribution in [0, 0.1) is 10.1 Å². The van der Waals surface area contributed by atoms with Crippen LogP contribution in [0.25, 0.3) is 16.7 Å². The quantitative estimate of drug-likeness (QED) is 0.435. The third-order valence-corrected chi connectivity index (χ3v) is 3.37. The van der Waals surface area contributed by atoms with Gasteiger partial charge in [0.1, 0.15) is 24.8 Å². The fourth-order valence-electron chi connectivity index (χ4n) is 2.19. The van der Waals surface area contributed by atoms with Crippen LogP contribution in [-0.4, -0.2) is 44.5 Å².